The minimum absolute atomic E-state index is 0.351. The third-order valence-electron chi connectivity index (χ3n) is 1.81. The number of hydrogen-bond donors (Lipinski definition) is 3. The van der Waals surface area contributed by atoms with Crippen LogP contribution in [0.4, 0.5) is 4.79 Å². The molecule has 0 spiro atoms. The lowest BCUT2D eigenvalue weighted by Crippen LogP contribution is -2.43. The van der Waals surface area contributed by atoms with E-state index in [9.17, 15) is 9.59 Å². The molecule has 2 amide bonds. The quantitative estimate of drug-likeness (QED) is 0.726. The third-order valence-corrected chi connectivity index (χ3v) is 2.72. The Balaban J connectivity index is 2.33. The van der Waals surface area contributed by atoms with E-state index in [4.69, 9.17) is 5.11 Å². The van der Waals surface area contributed by atoms with Gasteiger partial charge in [-0.1, -0.05) is 0 Å². The van der Waals surface area contributed by atoms with Gasteiger partial charge in [0.1, 0.15) is 6.04 Å². The maximum absolute atomic E-state index is 11.2. The highest BCUT2D eigenvalue weighted by molar-refractivity contribution is 7.11. The van der Waals surface area contributed by atoms with Crippen LogP contribution < -0.4 is 10.6 Å². The molecule has 1 atom stereocenters. The molecule has 0 radical (unpaired) electrons. The third kappa shape index (κ3) is 3.85. The SMILES string of the molecule is Cc1ncc(CNC(=O)NC(C)C(=O)O)s1. The number of carbonyl (C=O) groups is 2. The summed E-state index contributed by atoms with van der Waals surface area (Å²) < 4.78 is 0. The summed E-state index contributed by atoms with van der Waals surface area (Å²) in [5, 5.41) is 14.3. The van der Waals surface area contributed by atoms with E-state index in [-0.39, 0.29) is 0 Å². The van der Waals surface area contributed by atoms with Gasteiger partial charge >= 0.3 is 12.0 Å². The number of amides is 2. The van der Waals surface area contributed by atoms with E-state index in [1.165, 1.54) is 18.3 Å². The second-order valence-corrected chi connectivity index (χ2v) is 4.55. The second kappa shape index (κ2) is 5.45. The van der Waals surface area contributed by atoms with Crippen molar-refractivity contribution in [3.05, 3.63) is 16.1 Å². The minimum atomic E-state index is -1.07. The lowest BCUT2D eigenvalue weighted by molar-refractivity contribution is -0.138. The minimum Gasteiger partial charge on any atom is -0.480 e. The van der Waals surface area contributed by atoms with Crippen LogP contribution >= 0.6 is 11.3 Å². The number of urea groups is 1. The number of aromatic nitrogens is 1. The number of thiazole rings is 1. The van der Waals surface area contributed by atoms with Gasteiger partial charge in [-0.25, -0.2) is 9.78 Å². The number of hydrogen-bond acceptors (Lipinski definition) is 4. The zero-order chi connectivity index (χ0) is 12.1. The summed E-state index contributed by atoms with van der Waals surface area (Å²) in [5.74, 6) is -1.07. The van der Waals surface area contributed by atoms with Crippen LogP contribution in [-0.2, 0) is 11.3 Å². The summed E-state index contributed by atoms with van der Waals surface area (Å²) in [7, 11) is 0. The summed E-state index contributed by atoms with van der Waals surface area (Å²) in [5.41, 5.74) is 0. The molecule has 0 saturated heterocycles. The molecule has 1 rings (SSSR count). The molecule has 16 heavy (non-hydrogen) atoms. The van der Waals surface area contributed by atoms with Gasteiger partial charge in [0.15, 0.2) is 0 Å². The monoisotopic (exact) mass is 243 g/mol. The molecule has 1 heterocycles. The Kier molecular flexibility index (Phi) is 4.24. The molecular weight excluding hydrogens is 230 g/mol. The van der Waals surface area contributed by atoms with Crippen molar-refractivity contribution in [1.29, 1.82) is 0 Å². The predicted octanol–water partition coefficient (Wildman–Crippen LogP) is 0.724. The molecule has 7 heteroatoms. The van der Waals surface area contributed by atoms with Crippen molar-refractivity contribution >= 4 is 23.3 Å². The Bertz CT molecular complexity index is 391. The number of nitrogens with one attached hydrogen (secondary N) is 2. The van der Waals surface area contributed by atoms with E-state index < -0.39 is 18.0 Å². The Morgan fingerprint density at radius 1 is 1.62 bits per heavy atom. The highest BCUT2D eigenvalue weighted by Gasteiger charge is 2.13. The molecule has 6 nitrogen and oxygen atoms in total. The molecular formula is C9H13N3O3S. The number of aryl methyl sites for hydroxylation is 1. The number of carboxylic acids is 1. The normalized spacial score (nSPS) is 11.9. The molecule has 0 aromatic carbocycles. The van der Waals surface area contributed by atoms with Gasteiger partial charge in [0.25, 0.3) is 0 Å². The van der Waals surface area contributed by atoms with Crippen LogP contribution in [0.15, 0.2) is 6.20 Å². The fraction of sp³-hybridized carbons (Fsp3) is 0.444. The van der Waals surface area contributed by atoms with Gasteiger partial charge in [0.05, 0.1) is 11.6 Å². The highest BCUT2D eigenvalue weighted by atomic mass is 32.1. The van der Waals surface area contributed by atoms with Crippen molar-refractivity contribution in [1.82, 2.24) is 15.6 Å². The number of nitrogens with zero attached hydrogens (tertiary/aromatic N) is 1. The van der Waals surface area contributed by atoms with E-state index >= 15 is 0 Å². The van der Waals surface area contributed by atoms with Gasteiger partial charge < -0.3 is 15.7 Å². The van der Waals surface area contributed by atoms with E-state index in [2.05, 4.69) is 15.6 Å². The van der Waals surface area contributed by atoms with Crippen molar-refractivity contribution in [2.24, 2.45) is 0 Å². The number of carbonyl (C=O) groups excluding carboxylic acids is 1. The van der Waals surface area contributed by atoms with E-state index in [1.807, 2.05) is 6.92 Å². The molecule has 3 N–H and O–H groups in total. The van der Waals surface area contributed by atoms with Crippen LogP contribution in [0.2, 0.25) is 0 Å². The topological polar surface area (TPSA) is 91.3 Å². The molecule has 1 aromatic rings. The zero-order valence-corrected chi connectivity index (χ0v) is 9.80. The maximum atomic E-state index is 11.2. The van der Waals surface area contributed by atoms with Crippen LogP contribution in [0.5, 0.6) is 0 Å². The molecule has 1 unspecified atom stereocenters. The molecule has 0 bridgehead atoms. The van der Waals surface area contributed by atoms with E-state index in [0.29, 0.717) is 6.54 Å². The molecule has 1 aromatic heterocycles. The van der Waals surface area contributed by atoms with Crippen molar-refractivity contribution in [2.45, 2.75) is 26.4 Å². The Hall–Kier alpha value is -1.63. The molecule has 0 saturated carbocycles. The smallest absolute Gasteiger partial charge is 0.325 e. The first-order valence-electron chi connectivity index (χ1n) is 4.67. The fourth-order valence-electron chi connectivity index (χ4n) is 0.964. The van der Waals surface area contributed by atoms with Crippen LogP contribution in [0.3, 0.4) is 0 Å². The van der Waals surface area contributed by atoms with Gasteiger partial charge in [-0.15, -0.1) is 11.3 Å². The first-order chi connectivity index (χ1) is 7.49. The average molecular weight is 243 g/mol. The summed E-state index contributed by atoms with van der Waals surface area (Å²) in [6.07, 6.45) is 1.68. The lowest BCUT2D eigenvalue weighted by Gasteiger charge is -2.09. The zero-order valence-electron chi connectivity index (χ0n) is 8.98. The number of carboxylic acid groups (broad SMARTS) is 1. The molecule has 88 valence electrons. The second-order valence-electron chi connectivity index (χ2n) is 3.23. The number of rotatable bonds is 4. The van der Waals surface area contributed by atoms with Gasteiger partial charge in [-0.05, 0) is 13.8 Å². The highest BCUT2D eigenvalue weighted by Crippen LogP contribution is 2.10. The van der Waals surface area contributed by atoms with Crippen LogP contribution in [0.1, 0.15) is 16.8 Å². The fourth-order valence-corrected chi connectivity index (χ4v) is 1.70. The predicted molar refractivity (Wildman–Crippen MR) is 59.3 cm³/mol. The first-order valence-corrected chi connectivity index (χ1v) is 5.49. The molecule has 0 aliphatic rings. The Morgan fingerprint density at radius 3 is 2.81 bits per heavy atom. The summed E-state index contributed by atoms with van der Waals surface area (Å²) in [6, 6.07) is -1.40. The Morgan fingerprint density at radius 2 is 2.31 bits per heavy atom. The summed E-state index contributed by atoms with van der Waals surface area (Å²) >= 11 is 1.48. The lowest BCUT2D eigenvalue weighted by atomic mass is 10.3. The van der Waals surface area contributed by atoms with Crippen LogP contribution in [-0.4, -0.2) is 28.1 Å². The van der Waals surface area contributed by atoms with Gasteiger partial charge in [0.2, 0.25) is 0 Å². The van der Waals surface area contributed by atoms with Gasteiger partial charge in [-0.3, -0.25) is 4.79 Å². The maximum Gasteiger partial charge on any atom is 0.325 e. The van der Waals surface area contributed by atoms with E-state index in [0.717, 1.165) is 9.88 Å². The van der Waals surface area contributed by atoms with Gasteiger partial charge in [-0.2, -0.15) is 0 Å². The summed E-state index contributed by atoms with van der Waals surface area (Å²) in [4.78, 5) is 26.7. The standard InChI is InChI=1S/C9H13N3O3S/c1-5(8(13)14)12-9(15)11-4-7-3-10-6(2)16-7/h3,5H,4H2,1-2H3,(H,13,14)(H2,11,12,15). The largest absolute Gasteiger partial charge is 0.480 e. The summed E-state index contributed by atoms with van der Waals surface area (Å²) in [6.45, 7) is 3.63. The van der Waals surface area contributed by atoms with Crippen LogP contribution in [0, 0.1) is 6.92 Å². The van der Waals surface area contributed by atoms with Crippen molar-refractivity contribution in [3.8, 4) is 0 Å². The number of aliphatic carboxylic acids is 1. The van der Waals surface area contributed by atoms with E-state index in [1.54, 1.807) is 6.20 Å². The van der Waals surface area contributed by atoms with Crippen molar-refractivity contribution in [2.75, 3.05) is 0 Å². The molecule has 0 fully saturated rings. The van der Waals surface area contributed by atoms with Crippen LogP contribution in [0.25, 0.3) is 0 Å². The van der Waals surface area contributed by atoms with Crippen molar-refractivity contribution < 1.29 is 14.7 Å². The average Bonchev–Trinajstić information content (AvgIpc) is 2.61. The van der Waals surface area contributed by atoms with Crippen molar-refractivity contribution in [3.63, 3.8) is 0 Å². The Labute approximate surface area is 96.7 Å². The molecule has 0 aliphatic carbocycles. The van der Waals surface area contributed by atoms with Gasteiger partial charge in [0, 0.05) is 11.1 Å². The first kappa shape index (κ1) is 12.4. The molecule has 0 aliphatic heterocycles.